The summed E-state index contributed by atoms with van der Waals surface area (Å²) in [5.41, 5.74) is 0.368. The molecule has 2 aromatic rings. The zero-order valence-corrected chi connectivity index (χ0v) is 11.6. The van der Waals surface area contributed by atoms with Crippen molar-refractivity contribution in [2.75, 3.05) is 0 Å². The van der Waals surface area contributed by atoms with Crippen LogP contribution in [-0.4, -0.2) is 4.21 Å². The summed E-state index contributed by atoms with van der Waals surface area (Å²) >= 11 is 3.24. The molecule has 0 spiro atoms. The van der Waals surface area contributed by atoms with E-state index in [2.05, 4.69) is 15.9 Å². The molecule has 0 amide bonds. The van der Waals surface area contributed by atoms with E-state index in [9.17, 15) is 13.0 Å². The average Bonchev–Trinajstić information content (AvgIpc) is 2.34. The Morgan fingerprint density at radius 1 is 1.06 bits per heavy atom. The van der Waals surface area contributed by atoms with Gasteiger partial charge in [0.15, 0.2) is 0 Å². The van der Waals surface area contributed by atoms with Crippen LogP contribution in [0.2, 0.25) is 0 Å². The third kappa shape index (κ3) is 3.23. The molecular formula is C13H9BrF2OS. The summed E-state index contributed by atoms with van der Waals surface area (Å²) in [5, 5.41) is 0. The summed E-state index contributed by atoms with van der Waals surface area (Å²) in [4.78, 5) is 0.482. The summed E-state index contributed by atoms with van der Waals surface area (Å²) in [6.07, 6.45) is 0. The standard InChI is InChI=1S/C13H9BrF2OS/c14-10-1-6-13(16)9(7-10)8-18(17)12-4-2-11(15)3-5-12/h1-7H,8H2. The van der Waals surface area contributed by atoms with Gasteiger partial charge in [-0.15, -0.1) is 0 Å². The van der Waals surface area contributed by atoms with Crippen LogP contribution >= 0.6 is 15.9 Å². The molecule has 0 aromatic heterocycles. The van der Waals surface area contributed by atoms with Crippen molar-refractivity contribution in [3.63, 3.8) is 0 Å². The van der Waals surface area contributed by atoms with Gasteiger partial charge >= 0.3 is 0 Å². The molecule has 1 atom stereocenters. The molecule has 0 heterocycles. The number of hydrogen-bond acceptors (Lipinski definition) is 1. The van der Waals surface area contributed by atoms with Crippen molar-refractivity contribution in [1.82, 2.24) is 0 Å². The number of benzene rings is 2. The van der Waals surface area contributed by atoms with E-state index in [-0.39, 0.29) is 11.6 Å². The van der Waals surface area contributed by atoms with Crippen molar-refractivity contribution in [2.24, 2.45) is 0 Å². The normalized spacial score (nSPS) is 12.4. The lowest BCUT2D eigenvalue weighted by atomic mass is 10.2. The monoisotopic (exact) mass is 330 g/mol. The highest BCUT2D eigenvalue weighted by atomic mass is 79.9. The van der Waals surface area contributed by atoms with Gasteiger partial charge in [0, 0.05) is 14.9 Å². The van der Waals surface area contributed by atoms with Crippen molar-refractivity contribution in [1.29, 1.82) is 0 Å². The molecule has 0 saturated carbocycles. The zero-order valence-electron chi connectivity index (χ0n) is 9.20. The predicted molar refractivity (Wildman–Crippen MR) is 70.6 cm³/mol. The molecule has 5 heteroatoms. The van der Waals surface area contributed by atoms with Crippen molar-refractivity contribution in [3.05, 3.63) is 64.1 Å². The Balaban J connectivity index is 2.21. The molecule has 0 aliphatic carbocycles. The topological polar surface area (TPSA) is 17.1 Å². The molecule has 0 radical (unpaired) electrons. The molecule has 0 bridgehead atoms. The van der Waals surface area contributed by atoms with Gasteiger partial charge in [-0.25, -0.2) is 8.78 Å². The third-order valence-electron chi connectivity index (χ3n) is 2.37. The molecule has 0 aliphatic heterocycles. The van der Waals surface area contributed by atoms with E-state index in [1.165, 1.54) is 30.3 Å². The quantitative estimate of drug-likeness (QED) is 0.830. The number of halogens is 3. The second-order valence-corrected chi connectivity index (χ2v) is 6.05. The second-order valence-electron chi connectivity index (χ2n) is 3.68. The minimum absolute atomic E-state index is 0.0664. The third-order valence-corrected chi connectivity index (χ3v) is 4.24. The average molecular weight is 331 g/mol. The first-order chi connectivity index (χ1) is 8.56. The first kappa shape index (κ1) is 13.4. The van der Waals surface area contributed by atoms with Crippen LogP contribution < -0.4 is 0 Å². The lowest BCUT2D eigenvalue weighted by molar-refractivity contribution is 0.614. The van der Waals surface area contributed by atoms with E-state index in [4.69, 9.17) is 0 Å². The lowest BCUT2D eigenvalue weighted by Crippen LogP contribution is -1.99. The molecule has 18 heavy (non-hydrogen) atoms. The largest absolute Gasteiger partial charge is 0.254 e. The van der Waals surface area contributed by atoms with Crippen LogP contribution in [0.15, 0.2) is 51.8 Å². The Morgan fingerprint density at radius 2 is 1.72 bits per heavy atom. The fourth-order valence-corrected chi connectivity index (χ4v) is 2.98. The molecule has 0 saturated heterocycles. The minimum Gasteiger partial charge on any atom is -0.254 e. The minimum atomic E-state index is -1.39. The van der Waals surface area contributed by atoms with Gasteiger partial charge in [0.05, 0.1) is 16.6 Å². The summed E-state index contributed by atoms with van der Waals surface area (Å²) in [6.45, 7) is 0. The maximum absolute atomic E-state index is 13.5. The van der Waals surface area contributed by atoms with Gasteiger partial charge in [0.25, 0.3) is 0 Å². The Kier molecular flexibility index (Phi) is 4.24. The summed E-state index contributed by atoms with van der Waals surface area (Å²) < 4.78 is 39.0. The van der Waals surface area contributed by atoms with Gasteiger partial charge in [0.2, 0.25) is 0 Å². The lowest BCUT2D eigenvalue weighted by Gasteiger charge is -2.04. The molecule has 0 fully saturated rings. The van der Waals surface area contributed by atoms with E-state index >= 15 is 0 Å². The first-order valence-corrected chi connectivity index (χ1v) is 7.25. The van der Waals surface area contributed by atoms with Gasteiger partial charge in [0.1, 0.15) is 11.6 Å². The molecule has 0 aliphatic rings. The molecular weight excluding hydrogens is 322 g/mol. The van der Waals surface area contributed by atoms with Crippen LogP contribution in [0.5, 0.6) is 0 Å². The van der Waals surface area contributed by atoms with Gasteiger partial charge in [-0.1, -0.05) is 15.9 Å². The molecule has 94 valence electrons. The van der Waals surface area contributed by atoms with Crippen LogP contribution in [0.1, 0.15) is 5.56 Å². The highest BCUT2D eigenvalue weighted by Gasteiger charge is 2.09. The van der Waals surface area contributed by atoms with Crippen LogP contribution in [-0.2, 0) is 16.6 Å². The Bertz CT molecular complexity index is 584. The second kappa shape index (κ2) is 5.71. The van der Waals surface area contributed by atoms with Gasteiger partial charge in [-0.2, -0.15) is 0 Å². The molecule has 1 nitrogen and oxygen atoms in total. The smallest absolute Gasteiger partial charge is 0.127 e. The highest BCUT2D eigenvalue weighted by Crippen LogP contribution is 2.19. The van der Waals surface area contributed by atoms with E-state index < -0.39 is 16.6 Å². The number of hydrogen-bond donors (Lipinski definition) is 0. The first-order valence-electron chi connectivity index (χ1n) is 5.14. The maximum Gasteiger partial charge on any atom is 0.127 e. The molecule has 0 N–H and O–H groups in total. The fourth-order valence-electron chi connectivity index (χ4n) is 1.46. The van der Waals surface area contributed by atoms with Gasteiger partial charge in [-0.3, -0.25) is 4.21 Å². The van der Waals surface area contributed by atoms with Crippen LogP contribution in [0, 0.1) is 11.6 Å². The van der Waals surface area contributed by atoms with E-state index in [1.54, 1.807) is 12.1 Å². The van der Waals surface area contributed by atoms with Crippen LogP contribution in [0.25, 0.3) is 0 Å². The summed E-state index contributed by atoms with van der Waals surface area (Å²) in [6, 6.07) is 9.87. The van der Waals surface area contributed by atoms with E-state index in [0.717, 1.165) is 4.47 Å². The Morgan fingerprint density at radius 3 is 2.39 bits per heavy atom. The van der Waals surface area contributed by atoms with E-state index in [0.29, 0.717) is 10.5 Å². The molecule has 1 unspecified atom stereocenters. The Labute approximate surface area is 114 Å². The summed E-state index contributed by atoms with van der Waals surface area (Å²) in [5.74, 6) is -0.713. The van der Waals surface area contributed by atoms with Crippen LogP contribution in [0.4, 0.5) is 8.78 Å². The fraction of sp³-hybridized carbons (Fsp3) is 0.0769. The zero-order chi connectivity index (χ0) is 13.1. The van der Waals surface area contributed by atoms with Crippen molar-refractivity contribution >= 4 is 26.7 Å². The maximum atomic E-state index is 13.5. The number of rotatable bonds is 3. The summed E-state index contributed by atoms with van der Waals surface area (Å²) in [7, 11) is -1.39. The van der Waals surface area contributed by atoms with Crippen LogP contribution in [0.3, 0.4) is 0 Å². The van der Waals surface area contributed by atoms with E-state index in [1.807, 2.05) is 0 Å². The highest BCUT2D eigenvalue weighted by molar-refractivity contribution is 9.10. The predicted octanol–water partition coefficient (Wildman–Crippen LogP) is 4.04. The van der Waals surface area contributed by atoms with Crippen molar-refractivity contribution in [2.45, 2.75) is 10.6 Å². The van der Waals surface area contributed by atoms with Crippen molar-refractivity contribution in [3.8, 4) is 0 Å². The SMILES string of the molecule is O=S(Cc1cc(Br)ccc1F)c1ccc(F)cc1. The van der Waals surface area contributed by atoms with Gasteiger partial charge < -0.3 is 0 Å². The Hall–Kier alpha value is -1.07. The van der Waals surface area contributed by atoms with Gasteiger partial charge in [-0.05, 0) is 42.5 Å². The molecule has 2 rings (SSSR count). The molecule has 2 aromatic carbocycles. The van der Waals surface area contributed by atoms with Crippen molar-refractivity contribution < 1.29 is 13.0 Å².